The van der Waals surface area contributed by atoms with Crippen LogP contribution in [0.2, 0.25) is 0 Å². The fourth-order valence-corrected chi connectivity index (χ4v) is 4.39. The lowest BCUT2D eigenvalue weighted by Crippen LogP contribution is -1.97. The number of rotatable bonds is 9. The minimum atomic E-state index is 0.845. The van der Waals surface area contributed by atoms with E-state index < -0.39 is 0 Å². The molecular weight excluding hydrogens is 398 g/mol. The highest BCUT2D eigenvalue weighted by Crippen LogP contribution is 2.39. The Balaban J connectivity index is 1.78. The van der Waals surface area contributed by atoms with Crippen molar-refractivity contribution in [2.75, 3.05) is 5.73 Å². The lowest BCUT2D eigenvalue weighted by Gasteiger charge is -2.16. The van der Waals surface area contributed by atoms with E-state index in [1.807, 2.05) is 0 Å². The van der Waals surface area contributed by atoms with Crippen molar-refractivity contribution in [2.45, 2.75) is 52.4 Å². The van der Waals surface area contributed by atoms with Crippen LogP contribution in [-0.2, 0) is 12.8 Å². The molecule has 0 fully saturated rings. The summed E-state index contributed by atoms with van der Waals surface area (Å²) in [4.78, 5) is 0. The van der Waals surface area contributed by atoms with Crippen LogP contribution in [0.5, 0.6) is 0 Å². The van der Waals surface area contributed by atoms with E-state index in [0.29, 0.717) is 0 Å². The van der Waals surface area contributed by atoms with Gasteiger partial charge in [-0.1, -0.05) is 106 Å². The Kier molecular flexibility index (Phi) is 7.62. The van der Waals surface area contributed by atoms with Gasteiger partial charge in [0, 0.05) is 16.8 Å². The molecule has 0 aliphatic rings. The molecule has 168 valence electrons. The average molecular weight is 434 g/mol. The second-order valence-electron chi connectivity index (χ2n) is 8.95. The normalized spacial score (nSPS) is 11.0. The van der Waals surface area contributed by atoms with Crippen molar-refractivity contribution in [2.24, 2.45) is 0 Å². The van der Waals surface area contributed by atoms with Gasteiger partial charge in [0.05, 0.1) is 0 Å². The van der Waals surface area contributed by atoms with Crippen LogP contribution >= 0.6 is 0 Å². The highest BCUT2D eigenvalue weighted by molar-refractivity contribution is 5.93. The monoisotopic (exact) mass is 433 g/mol. The fourth-order valence-electron chi connectivity index (χ4n) is 4.39. The summed E-state index contributed by atoms with van der Waals surface area (Å²) in [6, 6.07) is 33.0. The first kappa shape index (κ1) is 22.9. The van der Waals surface area contributed by atoms with E-state index in [0.717, 1.165) is 29.7 Å². The van der Waals surface area contributed by atoms with Crippen molar-refractivity contribution >= 4 is 5.69 Å². The van der Waals surface area contributed by atoms with E-state index in [9.17, 15) is 0 Å². The number of aryl methyl sites for hydroxylation is 2. The molecule has 0 heterocycles. The molecule has 0 spiro atoms. The largest absolute Gasteiger partial charge is 0.398 e. The molecule has 0 radical (unpaired) electrons. The Morgan fingerprint density at radius 1 is 0.515 bits per heavy atom. The quantitative estimate of drug-likeness (QED) is 0.262. The molecule has 1 nitrogen and oxygen atoms in total. The van der Waals surface area contributed by atoms with Gasteiger partial charge in [-0.25, -0.2) is 0 Å². The van der Waals surface area contributed by atoms with Crippen molar-refractivity contribution < 1.29 is 0 Å². The molecule has 0 bridgehead atoms. The molecular formula is C32H35N. The lowest BCUT2D eigenvalue weighted by atomic mass is 9.90. The first-order valence-corrected chi connectivity index (χ1v) is 12.4. The number of anilines is 1. The Hall–Kier alpha value is -3.32. The SMILES string of the molecule is CCCCc1ccc(-c2cc(-c3ccccc3)cc(-c3ccc(CCCC)cc3)c2N)cc1. The summed E-state index contributed by atoms with van der Waals surface area (Å²) in [6.07, 6.45) is 7.15. The number of hydrogen-bond donors (Lipinski definition) is 1. The Morgan fingerprint density at radius 3 is 1.39 bits per heavy atom. The van der Waals surface area contributed by atoms with E-state index in [1.54, 1.807) is 0 Å². The first-order valence-electron chi connectivity index (χ1n) is 12.4. The van der Waals surface area contributed by atoms with Crippen LogP contribution in [0.4, 0.5) is 5.69 Å². The number of benzene rings is 4. The maximum absolute atomic E-state index is 6.83. The van der Waals surface area contributed by atoms with Gasteiger partial charge in [0.15, 0.2) is 0 Å². The van der Waals surface area contributed by atoms with Crippen molar-refractivity contribution in [1.29, 1.82) is 0 Å². The van der Waals surface area contributed by atoms with Gasteiger partial charge in [-0.15, -0.1) is 0 Å². The lowest BCUT2D eigenvalue weighted by molar-refractivity contribution is 0.795. The van der Waals surface area contributed by atoms with E-state index in [-0.39, 0.29) is 0 Å². The number of hydrogen-bond acceptors (Lipinski definition) is 1. The van der Waals surface area contributed by atoms with Crippen molar-refractivity contribution in [3.05, 3.63) is 102 Å². The Labute approximate surface area is 199 Å². The highest BCUT2D eigenvalue weighted by atomic mass is 14.6. The molecule has 0 aromatic heterocycles. The maximum atomic E-state index is 6.83. The van der Waals surface area contributed by atoms with Crippen LogP contribution in [0, 0.1) is 0 Å². The molecule has 0 unspecified atom stereocenters. The molecule has 0 amide bonds. The smallest absolute Gasteiger partial charge is 0.0473 e. The third-order valence-electron chi connectivity index (χ3n) is 6.46. The molecule has 1 heteroatoms. The molecule has 0 saturated carbocycles. The second kappa shape index (κ2) is 11.0. The third kappa shape index (κ3) is 5.54. The fraction of sp³-hybridized carbons (Fsp3) is 0.250. The highest BCUT2D eigenvalue weighted by Gasteiger charge is 2.13. The first-order chi connectivity index (χ1) is 16.2. The number of unbranched alkanes of at least 4 members (excludes halogenated alkanes) is 2. The predicted octanol–water partition coefficient (Wildman–Crippen LogP) is 8.96. The molecule has 0 atom stereocenters. The summed E-state index contributed by atoms with van der Waals surface area (Å²) in [5.74, 6) is 0. The zero-order chi connectivity index (χ0) is 23.0. The summed E-state index contributed by atoms with van der Waals surface area (Å²) in [5, 5.41) is 0. The van der Waals surface area contributed by atoms with Crippen LogP contribution < -0.4 is 5.73 Å². The van der Waals surface area contributed by atoms with Crippen molar-refractivity contribution in [1.82, 2.24) is 0 Å². The average Bonchev–Trinajstić information content (AvgIpc) is 2.87. The van der Waals surface area contributed by atoms with E-state index >= 15 is 0 Å². The van der Waals surface area contributed by atoms with Gasteiger partial charge in [0.1, 0.15) is 0 Å². The van der Waals surface area contributed by atoms with Crippen LogP contribution in [0.15, 0.2) is 91.0 Å². The predicted molar refractivity (Wildman–Crippen MR) is 144 cm³/mol. The molecule has 4 aromatic rings. The van der Waals surface area contributed by atoms with Crippen molar-refractivity contribution in [3.8, 4) is 33.4 Å². The van der Waals surface area contributed by atoms with E-state index in [2.05, 4.69) is 105 Å². The standard InChI is InChI=1S/C32H35N/c1-3-5-10-24-14-18-27(19-15-24)30-22-29(26-12-8-7-9-13-26)23-31(32(30)33)28-20-16-25(17-21-28)11-6-4-2/h7-9,12-23H,3-6,10-11,33H2,1-2H3. The van der Waals surface area contributed by atoms with Gasteiger partial charge in [0.2, 0.25) is 0 Å². The minimum Gasteiger partial charge on any atom is -0.398 e. The second-order valence-corrected chi connectivity index (χ2v) is 8.95. The van der Waals surface area contributed by atoms with Gasteiger partial charge in [0.25, 0.3) is 0 Å². The summed E-state index contributed by atoms with van der Waals surface area (Å²) >= 11 is 0. The van der Waals surface area contributed by atoms with Gasteiger partial charge in [-0.2, -0.15) is 0 Å². The summed E-state index contributed by atoms with van der Waals surface area (Å²) < 4.78 is 0. The molecule has 0 aliphatic carbocycles. The number of nitrogens with two attached hydrogens (primary N) is 1. The van der Waals surface area contributed by atoms with Gasteiger partial charge >= 0.3 is 0 Å². The zero-order valence-corrected chi connectivity index (χ0v) is 20.0. The van der Waals surface area contributed by atoms with Crippen LogP contribution in [-0.4, -0.2) is 0 Å². The van der Waals surface area contributed by atoms with Crippen molar-refractivity contribution in [3.63, 3.8) is 0 Å². The van der Waals surface area contributed by atoms with Crippen LogP contribution in [0.3, 0.4) is 0 Å². The van der Waals surface area contributed by atoms with Crippen LogP contribution in [0.25, 0.3) is 33.4 Å². The van der Waals surface area contributed by atoms with E-state index in [1.165, 1.54) is 59.1 Å². The van der Waals surface area contributed by atoms with Gasteiger partial charge in [-0.3, -0.25) is 0 Å². The number of nitrogen functional groups attached to an aromatic ring is 1. The Bertz CT molecular complexity index is 1080. The minimum absolute atomic E-state index is 0.845. The molecule has 2 N–H and O–H groups in total. The molecule has 4 aromatic carbocycles. The molecule has 0 aliphatic heterocycles. The molecule has 33 heavy (non-hydrogen) atoms. The molecule has 0 saturated heterocycles. The summed E-state index contributed by atoms with van der Waals surface area (Å²) in [5.41, 5.74) is 17.4. The van der Waals surface area contributed by atoms with Gasteiger partial charge < -0.3 is 5.73 Å². The topological polar surface area (TPSA) is 26.0 Å². The maximum Gasteiger partial charge on any atom is 0.0473 e. The summed E-state index contributed by atoms with van der Waals surface area (Å²) in [7, 11) is 0. The third-order valence-corrected chi connectivity index (χ3v) is 6.46. The van der Waals surface area contributed by atoms with Gasteiger partial charge in [-0.05, 0) is 71.2 Å². The van der Waals surface area contributed by atoms with E-state index in [4.69, 9.17) is 5.73 Å². The summed E-state index contributed by atoms with van der Waals surface area (Å²) in [6.45, 7) is 4.48. The Morgan fingerprint density at radius 2 is 0.970 bits per heavy atom. The molecule has 4 rings (SSSR count). The zero-order valence-electron chi connectivity index (χ0n) is 20.0. The van der Waals surface area contributed by atoms with Crippen LogP contribution in [0.1, 0.15) is 50.7 Å².